The van der Waals surface area contributed by atoms with Crippen molar-refractivity contribution in [3.8, 4) is 0 Å². The van der Waals surface area contributed by atoms with Crippen LogP contribution in [0.5, 0.6) is 0 Å². The number of carbonyl (C=O) groups excluding carboxylic acids is 7. The maximum absolute atomic E-state index is 14.5. The molecule has 398 valence electrons. The largest absolute Gasteiger partial charge is 0.460 e. The molecule has 0 radical (unpaired) electrons. The summed E-state index contributed by atoms with van der Waals surface area (Å²) in [6.07, 6.45) is 11.1. The topological polar surface area (TPSA) is 208 Å². The van der Waals surface area contributed by atoms with Gasteiger partial charge in [-0.1, -0.05) is 71.1 Å². The molecular formula is C55H83NO15. The van der Waals surface area contributed by atoms with Crippen LogP contribution < -0.4 is 0 Å². The fourth-order valence-electron chi connectivity index (χ4n) is 10.8. The fourth-order valence-corrected chi connectivity index (χ4v) is 10.8. The Balaban J connectivity index is 1.75. The SMILES string of the molecule is CO[C@H]1C[C@@H]2CC[C@@H](C)[C@@](O)(O2)C(=O)C(=O)N2CCCC[C@H]2C(=O)O[C@H]([C@H](C)C[C@@H]2CC[C@@H](OC(C)=O)[C@H](OC)C2)CC(=O)[C@H](C)/C=C(\C)[C@@H](OC(C)=O)[C@@H](OC)C(=O)[C@H](C)C[C@H](C)/C=C/C=CC=C1C. The van der Waals surface area contributed by atoms with Crippen molar-refractivity contribution in [1.82, 2.24) is 4.90 Å². The lowest BCUT2D eigenvalue weighted by Gasteiger charge is -2.42. The van der Waals surface area contributed by atoms with Gasteiger partial charge in [-0.2, -0.15) is 0 Å². The van der Waals surface area contributed by atoms with E-state index in [2.05, 4.69) is 0 Å². The number of esters is 3. The third-order valence-electron chi connectivity index (χ3n) is 15.0. The first-order valence-corrected chi connectivity index (χ1v) is 25.7. The molecule has 1 saturated carbocycles. The Kier molecular flexibility index (Phi) is 23.0. The summed E-state index contributed by atoms with van der Waals surface area (Å²) in [5, 5.41) is 12.0. The first-order valence-electron chi connectivity index (χ1n) is 25.7. The number of hydrogen-bond acceptors (Lipinski definition) is 15. The summed E-state index contributed by atoms with van der Waals surface area (Å²) in [5.41, 5.74) is 1.29. The number of hydrogen-bond donors (Lipinski definition) is 1. The molecule has 16 heteroatoms. The van der Waals surface area contributed by atoms with E-state index in [9.17, 15) is 38.7 Å². The molecule has 0 aromatic carbocycles. The van der Waals surface area contributed by atoms with E-state index < -0.39 is 102 Å². The molecule has 15 atom stereocenters. The van der Waals surface area contributed by atoms with E-state index in [1.165, 1.54) is 25.9 Å². The third kappa shape index (κ3) is 16.3. The number of methoxy groups -OCH3 is 3. The van der Waals surface area contributed by atoms with Crippen LogP contribution in [0.2, 0.25) is 0 Å². The summed E-state index contributed by atoms with van der Waals surface area (Å²) in [4.78, 5) is 97.2. The van der Waals surface area contributed by atoms with Gasteiger partial charge in [-0.05, 0) is 107 Å². The van der Waals surface area contributed by atoms with Crippen LogP contribution in [0.15, 0.2) is 47.6 Å². The maximum Gasteiger partial charge on any atom is 0.329 e. The molecule has 0 spiro atoms. The zero-order chi connectivity index (χ0) is 52.7. The van der Waals surface area contributed by atoms with Gasteiger partial charge in [0, 0.05) is 72.3 Å². The van der Waals surface area contributed by atoms with Gasteiger partial charge in [0.1, 0.15) is 24.0 Å². The molecule has 1 amide bonds. The number of nitrogens with zero attached hydrogens (tertiary/aromatic N) is 1. The number of ether oxygens (including phenoxy) is 7. The van der Waals surface area contributed by atoms with E-state index in [-0.39, 0.29) is 48.9 Å². The van der Waals surface area contributed by atoms with Crippen molar-refractivity contribution in [3.63, 3.8) is 0 Å². The van der Waals surface area contributed by atoms with Crippen molar-refractivity contribution in [3.05, 3.63) is 47.6 Å². The number of rotatable bonds is 8. The number of Topliss-reactive ketones (excluding diaryl/α,β-unsaturated/α-hetero) is 3. The molecule has 4 rings (SSSR count). The molecule has 3 aliphatic heterocycles. The summed E-state index contributed by atoms with van der Waals surface area (Å²) in [6.45, 7) is 15.3. The number of amides is 1. The Morgan fingerprint density at radius 3 is 2.15 bits per heavy atom. The monoisotopic (exact) mass is 998 g/mol. The molecule has 16 nitrogen and oxygen atoms in total. The van der Waals surface area contributed by atoms with Gasteiger partial charge in [-0.25, -0.2) is 4.79 Å². The molecule has 4 aliphatic rings. The van der Waals surface area contributed by atoms with Crippen LogP contribution in [0, 0.1) is 35.5 Å². The number of ketones is 3. The number of carbonyl (C=O) groups is 7. The van der Waals surface area contributed by atoms with Crippen LogP contribution in [0.1, 0.15) is 139 Å². The smallest absolute Gasteiger partial charge is 0.329 e. The highest BCUT2D eigenvalue weighted by Gasteiger charge is 2.53. The van der Waals surface area contributed by atoms with Crippen molar-refractivity contribution in [2.75, 3.05) is 27.9 Å². The Morgan fingerprint density at radius 1 is 0.803 bits per heavy atom. The standard InChI is InChI=1S/C55H83NO15/c1-32-18-14-13-15-19-33(2)46(65-10)30-42-23-21-38(7)55(64,71-42)52(61)53(62)56-25-17-16-20-43(56)54(63)70-47(35(4)28-41-22-24-45(68-39(8)57)48(29-41)66-11)31-44(59)34(3)27-37(6)50(69-40(9)58)51(67-12)49(60)36(5)26-32/h13-15,18-19,27,32,34-36,38,41-43,45-48,50-51,64H,16-17,20-26,28-31H2,1-12H3/b15-13?,18-14+,33-19?,37-27+/t32-,34-,35-,36-,38-,41+,42+,43+,45-,46+,47+,48-,50-,51+,55-/m1/s1. The van der Waals surface area contributed by atoms with Gasteiger partial charge in [-0.15, -0.1) is 0 Å². The van der Waals surface area contributed by atoms with Crippen molar-refractivity contribution in [1.29, 1.82) is 0 Å². The quantitative estimate of drug-likeness (QED) is 0.109. The Morgan fingerprint density at radius 2 is 1.51 bits per heavy atom. The lowest BCUT2D eigenvalue weighted by Crippen LogP contribution is -2.61. The molecule has 0 aromatic rings. The van der Waals surface area contributed by atoms with E-state index >= 15 is 0 Å². The van der Waals surface area contributed by atoms with Crippen molar-refractivity contribution < 1.29 is 71.8 Å². The first-order chi connectivity index (χ1) is 33.5. The number of piperidine rings is 1. The summed E-state index contributed by atoms with van der Waals surface area (Å²) in [5.74, 6) is -9.41. The lowest BCUT2D eigenvalue weighted by molar-refractivity contribution is -0.265. The maximum atomic E-state index is 14.5. The average Bonchev–Trinajstić information content (AvgIpc) is 3.32. The highest BCUT2D eigenvalue weighted by molar-refractivity contribution is 6.39. The Bertz CT molecular complexity index is 1990. The second kappa shape index (κ2) is 27.6. The van der Waals surface area contributed by atoms with Crippen LogP contribution in [-0.4, -0.2) is 134 Å². The molecule has 0 aromatic heterocycles. The van der Waals surface area contributed by atoms with Crippen LogP contribution in [0.4, 0.5) is 0 Å². The van der Waals surface area contributed by atoms with Crippen molar-refractivity contribution in [2.45, 2.75) is 194 Å². The van der Waals surface area contributed by atoms with E-state index in [0.717, 1.165) is 5.57 Å². The van der Waals surface area contributed by atoms with Crippen LogP contribution in [-0.2, 0) is 66.7 Å². The normalized spacial score (nSPS) is 36.6. The zero-order valence-electron chi connectivity index (χ0n) is 44.3. The summed E-state index contributed by atoms with van der Waals surface area (Å²) < 4.78 is 41.1. The molecule has 3 heterocycles. The van der Waals surface area contributed by atoms with Gasteiger partial charge in [0.25, 0.3) is 11.7 Å². The van der Waals surface area contributed by atoms with Gasteiger partial charge in [0.15, 0.2) is 18.0 Å². The fraction of sp³-hybridized carbons (Fsp3) is 0.727. The van der Waals surface area contributed by atoms with Gasteiger partial charge in [-0.3, -0.25) is 28.8 Å². The summed E-state index contributed by atoms with van der Waals surface area (Å²) >= 11 is 0. The molecule has 1 N–H and O–H groups in total. The summed E-state index contributed by atoms with van der Waals surface area (Å²) in [7, 11) is 4.52. The molecule has 71 heavy (non-hydrogen) atoms. The van der Waals surface area contributed by atoms with Gasteiger partial charge < -0.3 is 43.2 Å². The Hall–Kier alpha value is -4.35. The predicted molar refractivity (Wildman–Crippen MR) is 264 cm³/mol. The summed E-state index contributed by atoms with van der Waals surface area (Å²) in [6, 6.07) is -1.18. The van der Waals surface area contributed by atoms with E-state index in [0.29, 0.717) is 69.8 Å². The lowest BCUT2D eigenvalue weighted by atomic mass is 9.78. The first kappa shape index (κ1) is 59.2. The van der Waals surface area contributed by atoms with E-state index in [1.807, 2.05) is 58.1 Å². The van der Waals surface area contributed by atoms with E-state index in [4.69, 9.17) is 33.2 Å². The molecule has 0 unspecified atom stereocenters. The minimum atomic E-state index is -2.45. The van der Waals surface area contributed by atoms with Crippen LogP contribution in [0.25, 0.3) is 0 Å². The number of cyclic esters (lactones) is 1. The molecule has 3 fully saturated rings. The second-order valence-corrected chi connectivity index (χ2v) is 20.8. The number of aliphatic hydroxyl groups is 1. The highest BCUT2D eigenvalue weighted by Crippen LogP contribution is 2.38. The molecule has 2 saturated heterocycles. The van der Waals surface area contributed by atoms with Crippen molar-refractivity contribution in [2.24, 2.45) is 35.5 Å². The van der Waals surface area contributed by atoms with Gasteiger partial charge >= 0.3 is 17.9 Å². The van der Waals surface area contributed by atoms with Crippen molar-refractivity contribution >= 4 is 41.2 Å². The van der Waals surface area contributed by atoms with Crippen LogP contribution >= 0.6 is 0 Å². The van der Waals surface area contributed by atoms with Gasteiger partial charge in [0.2, 0.25) is 5.79 Å². The number of allylic oxidation sites excluding steroid dienone is 6. The van der Waals surface area contributed by atoms with Crippen LogP contribution in [0.3, 0.4) is 0 Å². The minimum absolute atomic E-state index is 0.0213. The minimum Gasteiger partial charge on any atom is -0.460 e. The van der Waals surface area contributed by atoms with Gasteiger partial charge in [0.05, 0.1) is 18.3 Å². The van der Waals surface area contributed by atoms with E-state index in [1.54, 1.807) is 41.1 Å². The number of fused-ring (bicyclic) bond motifs is 3. The predicted octanol–water partition coefficient (Wildman–Crippen LogP) is 7.32. The third-order valence-corrected chi connectivity index (χ3v) is 15.0. The zero-order valence-corrected chi connectivity index (χ0v) is 44.3. The molecule has 1 aliphatic carbocycles. The highest BCUT2D eigenvalue weighted by atomic mass is 16.6. The second-order valence-electron chi connectivity index (χ2n) is 20.8. The Labute approximate surface area is 421 Å². The average molecular weight is 998 g/mol. The molecule has 2 bridgehead atoms. The molecular weight excluding hydrogens is 915 g/mol.